The molecule has 144 valence electrons. The van der Waals surface area contributed by atoms with Crippen LogP contribution in [0.2, 0.25) is 0 Å². The minimum absolute atomic E-state index is 0.0617. The molecule has 3 saturated carbocycles. The summed E-state index contributed by atoms with van der Waals surface area (Å²) in [6.07, 6.45) is 16.2. The largest absolute Gasteiger partial charge is 0.462 e. The molecule has 3 aliphatic carbocycles. The predicted molar refractivity (Wildman–Crippen MR) is 100 cm³/mol. The van der Waals surface area contributed by atoms with E-state index in [1.54, 1.807) is 0 Å². The lowest BCUT2D eigenvalue weighted by Gasteiger charge is -2.37. The molecule has 1 N–H and O–H groups in total. The van der Waals surface area contributed by atoms with E-state index in [2.05, 4.69) is 6.92 Å². The van der Waals surface area contributed by atoms with E-state index >= 15 is 0 Å². The van der Waals surface area contributed by atoms with Crippen LogP contribution in [-0.2, 0) is 9.53 Å². The van der Waals surface area contributed by atoms with Gasteiger partial charge in [0.25, 0.3) is 0 Å². The molecule has 3 aliphatic rings. The van der Waals surface area contributed by atoms with Gasteiger partial charge in [0.05, 0.1) is 12.0 Å². The van der Waals surface area contributed by atoms with E-state index in [1.807, 2.05) is 0 Å². The van der Waals surface area contributed by atoms with Gasteiger partial charge in [-0.05, 0) is 88.4 Å². The van der Waals surface area contributed by atoms with E-state index in [1.165, 1.54) is 57.8 Å². The zero-order valence-corrected chi connectivity index (χ0v) is 16.1. The summed E-state index contributed by atoms with van der Waals surface area (Å²) in [5, 5.41) is 9.69. The summed E-state index contributed by atoms with van der Waals surface area (Å²) in [6, 6.07) is 0. The Morgan fingerprint density at radius 1 is 0.880 bits per heavy atom. The van der Waals surface area contributed by atoms with E-state index in [-0.39, 0.29) is 24.1 Å². The molecule has 0 radical (unpaired) electrons. The van der Waals surface area contributed by atoms with Gasteiger partial charge in [-0.25, -0.2) is 0 Å². The van der Waals surface area contributed by atoms with Crippen LogP contribution in [-0.4, -0.2) is 23.3 Å². The van der Waals surface area contributed by atoms with Gasteiger partial charge in [0.2, 0.25) is 0 Å². The fourth-order valence-electron chi connectivity index (χ4n) is 5.66. The fraction of sp³-hybridized carbons (Fsp3) is 0.955. The maximum Gasteiger partial charge on any atom is 0.309 e. The molecule has 0 aromatic carbocycles. The Bertz CT molecular complexity index is 399. The molecular formula is C22H38O3. The van der Waals surface area contributed by atoms with Crippen LogP contribution in [0.1, 0.15) is 96.8 Å². The summed E-state index contributed by atoms with van der Waals surface area (Å²) in [6.45, 7) is 2.17. The van der Waals surface area contributed by atoms with E-state index < -0.39 is 0 Å². The molecule has 1 atom stereocenters. The first-order chi connectivity index (χ1) is 12.2. The average Bonchev–Trinajstić information content (AvgIpc) is 2.67. The second kappa shape index (κ2) is 9.39. The quantitative estimate of drug-likeness (QED) is 0.689. The van der Waals surface area contributed by atoms with Crippen molar-refractivity contribution in [3.8, 4) is 0 Å². The third kappa shape index (κ3) is 5.21. The molecule has 0 spiro atoms. The molecule has 0 amide bonds. The summed E-state index contributed by atoms with van der Waals surface area (Å²) in [5.74, 6) is 2.40. The lowest BCUT2D eigenvalue weighted by Crippen LogP contribution is -2.34. The molecule has 3 rings (SSSR count). The van der Waals surface area contributed by atoms with Gasteiger partial charge in [-0.2, -0.15) is 0 Å². The van der Waals surface area contributed by atoms with Crippen LogP contribution in [0.15, 0.2) is 0 Å². The van der Waals surface area contributed by atoms with Gasteiger partial charge >= 0.3 is 5.97 Å². The van der Waals surface area contributed by atoms with Crippen molar-refractivity contribution in [2.45, 2.75) is 109 Å². The molecule has 0 bridgehead atoms. The van der Waals surface area contributed by atoms with Crippen LogP contribution in [0, 0.1) is 23.7 Å². The third-order valence-electron chi connectivity index (χ3n) is 7.36. The van der Waals surface area contributed by atoms with Gasteiger partial charge in [0.1, 0.15) is 6.10 Å². The van der Waals surface area contributed by atoms with Crippen molar-refractivity contribution >= 4 is 5.97 Å². The lowest BCUT2D eigenvalue weighted by atomic mass is 9.70. The Kier molecular flexibility index (Phi) is 7.21. The normalized spacial score (nSPS) is 35.9. The van der Waals surface area contributed by atoms with Crippen molar-refractivity contribution in [3.63, 3.8) is 0 Å². The molecule has 0 aromatic heterocycles. The molecular weight excluding hydrogens is 312 g/mol. The van der Waals surface area contributed by atoms with Crippen LogP contribution >= 0.6 is 0 Å². The number of rotatable bonds is 5. The highest BCUT2D eigenvalue weighted by atomic mass is 16.5. The molecule has 0 aliphatic heterocycles. The standard InChI is InChI=1S/C22H38O3/c1-2-21(18-6-4-3-5-7-18)25-22(24)19-10-8-16(9-11-19)17-12-14-20(23)15-13-17/h16-21,23H,2-15H2,1H3. The van der Waals surface area contributed by atoms with Gasteiger partial charge in [0.15, 0.2) is 0 Å². The third-order valence-corrected chi connectivity index (χ3v) is 7.36. The van der Waals surface area contributed by atoms with Gasteiger partial charge in [0, 0.05) is 0 Å². The Balaban J connectivity index is 1.43. The molecule has 0 saturated heterocycles. The topological polar surface area (TPSA) is 46.5 Å². The minimum Gasteiger partial charge on any atom is -0.462 e. The van der Waals surface area contributed by atoms with Crippen molar-refractivity contribution in [2.24, 2.45) is 23.7 Å². The molecule has 0 aromatic rings. The van der Waals surface area contributed by atoms with E-state index in [0.29, 0.717) is 5.92 Å². The predicted octanol–water partition coefficient (Wildman–Crippen LogP) is 5.25. The van der Waals surface area contributed by atoms with Crippen molar-refractivity contribution in [2.75, 3.05) is 0 Å². The second-order valence-corrected chi connectivity index (χ2v) is 8.96. The van der Waals surface area contributed by atoms with Crippen molar-refractivity contribution in [1.29, 1.82) is 0 Å². The van der Waals surface area contributed by atoms with Crippen LogP contribution in [0.5, 0.6) is 0 Å². The summed E-state index contributed by atoms with van der Waals surface area (Å²) >= 11 is 0. The molecule has 0 heterocycles. The number of carbonyl (C=O) groups is 1. The van der Waals surface area contributed by atoms with Crippen molar-refractivity contribution < 1.29 is 14.6 Å². The number of aliphatic hydroxyl groups excluding tert-OH is 1. The SMILES string of the molecule is CCC(OC(=O)C1CCC(C2CCC(O)CC2)CC1)C1CCCCC1. The Hall–Kier alpha value is -0.570. The highest BCUT2D eigenvalue weighted by Crippen LogP contribution is 2.40. The Morgan fingerprint density at radius 3 is 2.00 bits per heavy atom. The minimum atomic E-state index is -0.0617. The fourth-order valence-corrected chi connectivity index (χ4v) is 5.66. The summed E-state index contributed by atoms with van der Waals surface area (Å²) in [5.41, 5.74) is 0. The van der Waals surface area contributed by atoms with E-state index in [9.17, 15) is 9.90 Å². The van der Waals surface area contributed by atoms with Crippen LogP contribution in [0.4, 0.5) is 0 Å². The first-order valence-corrected chi connectivity index (χ1v) is 11.1. The van der Waals surface area contributed by atoms with Gasteiger partial charge in [-0.15, -0.1) is 0 Å². The van der Waals surface area contributed by atoms with Crippen LogP contribution in [0.3, 0.4) is 0 Å². The monoisotopic (exact) mass is 350 g/mol. The van der Waals surface area contributed by atoms with Crippen LogP contribution in [0.25, 0.3) is 0 Å². The average molecular weight is 351 g/mol. The van der Waals surface area contributed by atoms with Crippen LogP contribution < -0.4 is 0 Å². The number of ether oxygens (including phenoxy) is 1. The number of aliphatic hydroxyl groups is 1. The zero-order chi connectivity index (χ0) is 17.6. The lowest BCUT2D eigenvalue weighted by molar-refractivity contribution is -0.159. The highest BCUT2D eigenvalue weighted by Gasteiger charge is 2.34. The molecule has 25 heavy (non-hydrogen) atoms. The summed E-state index contributed by atoms with van der Waals surface area (Å²) in [4.78, 5) is 12.7. The number of carbonyl (C=O) groups excluding carboxylic acids is 1. The van der Waals surface area contributed by atoms with Crippen molar-refractivity contribution in [1.82, 2.24) is 0 Å². The molecule has 3 heteroatoms. The first-order valence-electron chi connectivity index (χ1n) is 11.1. The van der Waals surface area contributed by atoms with E-state index in [0.717, 1.165) is 43.9 Å². The summed E-state index contributed by atoms with van der Waals surface area (Å²) in [7, 11) is 0. The number of hydrogen-bond acceptors (Lipinski definition) is 3. The zero-order valence-electron chi connectivity index (χ0n) is 16.1. The van der Waals surface area contributed by atoms with E-state index in [4.69, 9.17) is 4.74 Å². The number of hydrogen-bond donors (Lipinski definition) is 1. The maximum absolute atomic E-state index is 12.7. The molecule has 3 nitrogen and oxygen atoms in total. The van der Waals surface area contributed by atoms with Gasteiger partial charge in [-0.3, -0.25) is 4.79 Å². The smallest absolute Gasteiger partial charge is 0.309 e. The first kappa shape index (κ1) is 19.2. The number of esters is 1. The summed E-state index contributed by atoms with van der Waals surface area (Å²) < 4.78 is 6.00. The highest BCUT2D eigenvalue weighted by molar-refractivity contribution is 5.72. The maximum atomic E-state index is 12.7. The Labute approximate surface area is 153 Å². The van der Waals surface area contributed by atoms with Gasteiger partial charge < -0.3 is 9.84 Å². The molecule has 3 fully saturated rings. The van der Waals surface area contributed by atoms with Crippen molar-refractivity contribution in [3.05, 3.63) is 0 Å². The van der Waals surface area contributed by atoms with Gasteiger partial charge in [-0.1, -0.05) is 26.2 Å². The Morgan fingerprint density at radius 2 is 1.44 bits per heavy atom. The molecule has 1 unspecified atom stereocenters. The second-order valence-electron chi connectivity index (χ2n) is 8.96.